The van der Waals surface area contributed by atoms with Gasteiger partial charge in [0.25, 0.3) is 0 Å². The van der Waals surface area contributed by atoms with Crippen molar-refractivity contribution in [3.63, 3.8) is 0 Å². The van der Waals surface area contributed by atoms with Crippen LogP contribution in [0.2, 0.25) is 0 Å². The number of carbonyl (C=O) groups excluding carboxylic acids is 2. The molecule has 7 heteroatoms. The Morgan fingerprint density at radius 2 is 1.54 bits per heavy atom. The molecule has 0 unspecified atom stereocenters. The van der Waals surface area contributed by atoms with E-state index in [1.54, 1.807) is 22.6 Å². The highest BCUT2D eigenvalue weighted by atomic mass is 32.2. The summed E-state index contributed by atoms with van der Waals surface area (Å²) >= 11 is 1.72. The maximum Gasteiger partial charge on any atom is 0.372 e. The number of unbranched alkanes of at least 4 members (excludes halogenated alkanes) is 6. The van der Waals surface area contributed by atoms with E-state index in [-0.39, 0.29) is 25.0 Å². The molecule has 0 aliphatic carbocycles. The molecule has 0 bridgehead atoms. The van der Waals surface area contributed by atoms with Crippen LogP contribution in [0.1, 0.15) is 65.2 Å². The van der Waals surface area contributed by atoms with Crippen molar-refractivity contribution in [2.75, 3.05) is 38.6 Å². The van der Waals surface area contributed by atoms with Gasteiger partial charge in [0.2, 0.25) is 13.1 Å². The Morgan fingerprint density at radius 1 is 0.964 bits per heavy atom. The molecular formula is C21H37N2O4S+. The van der Waals surface area contributed by atoms with E-state index in [0.717, 1.165) is 68.7 Å². The maximum atomic E-state index is 12.1. The molecule has 1 heterocycles. The van der Waals surface area contributed by atoms with E-state index in [9.17, 15) is 9.59 Å². The van der Waals surface area contributed by atoms with E-state index in [1.165, 1.54) is 0 Å². The molecule has 0 radical (unpaired) electrons. The largest absolute Gasteiger partial charge is 0.461 e. The highest BCUT2D eigenvalue weighted by molar-refractivity contribution is 8.03. The first-order valence-corrected chi connectivity index (χ1v) is 11.6. The Bertz CT molecular complexity index is 483. The Hall–Kier alpha value is -1.50. The monoisotopic (exact) mass is 413 g/mol. The highest BCUT2D eigenvalue weighted by Gasteiger charge is 2.18. The van der Waals surface area contributed by atoms with Crippen LogP contribution in [-0.4, -0.2) is 61.3 Å². The van der Waals surface area contributed by atoms with Gasteiger partial charge in [-0.25, -0.2) is 14.2 Å². The van der Waals surface area contributed by atoms with Gasteiger partial charge in [-0.05, 0) is 12.8 Å². The van der Waals surface area contributed by atoms with Gasteiger partial charge in [-0.1, -0.05) is 52.4 Å². The predicted octanol–water partition coefficient (Wildman–Crippen LogP) is 3.49. The average molecular weight is 414 g/mol. The van der Waals surface area contributed by atoms with Gasteiger partial charge >= 0.3 is 11.9 Å². The van der Waals surface area contributed by atoms with Crippen LogP contribution in [0.25, 0.3) is 0 Å². The van der Waals surface area contributed by atoms with Gasteiger partial charge in [0.1, 0.15) is 0 Å². The molecule has 0 aromatic rings. The molecule has 0 saturated carbocycles. The van der Waals surface area contributed by atoms with Gasteiger partial charge in [-0.15, -0.1) is 11.8 Å². The number of nitrogens with one attached hydrogen (secondary N) is 1. The molecule has 0 aromatic carbocycles. The third-order valence-corrected chi connectivity index (χ3v) is 5.28. The fourth-order valence-electron chi connectivity index (χ4n) is 2.68. The lowest BCUT2D eigenvalue weighted by Crippen LogP contribution is -2.29. The molecule has 28 heavy (non-hydrogen) atoms. The summed E-state index contributed by atoms with van der Waals surface area (Å²) in [4.78, 5) is 24.2. The first kappa shape index (κ1) is 24.5. The molecule has 0 spiro atoms. The molecule has 1 aliphatic heterocycles. The van der Waals surface area contributed by atoms with Crippen molar-refractivity contribution in [2.45, 2.75) is 65.2 Å². The van der Waals surface area contributed by atoms with Gasteiger partial charge in [0.15, 0.2) is 6.21 Å². The van der Waals surface area contributed by atoms with Crippen molar-refractivity contribution >= 4 is 29.9 Å². The maximum absolute atomic E-state index is 12.1. The molecule has 0 amide bonds. The zero-order valence-electron chi connectivity index (χ0n) is 17.5. The van der Waals surface area contributed by atoms with Crippen LogP contribution in [-0.2, 0) is 19.1 Å². The Labute approximate surface area is 174 Å². The number of ether oxygens (including phenoxy) is 2. The fourth-order valence-corrected chi connectivity index (χ4v) is 3.47. The molecular weight excluding hydrogens is 376 g/mol. The van der Waals surface area contributed by atoms with Gasteiger partial charge < -0.3 is 14.8 Å². The minimum Gasteiger partial charge on any atom is -0.461 e. The van der Waals surface area contributed by atoms with Crippen LogP contribution in [0, 0.1) is 0 Å². The normalized spacial score (nSPS) is 14.6. The summed E-state index contributed by atoms with van der Waals surface area (Å²) in [6, 6.07) is 0. The van der Waals surface area contributed by atoms with Gasteiger partial charge in [0.05, 0.1) is 18.2 Å². The second kappa shape index (κ2) is 16.5. The van der Waals surface area contributed by atoms with Crippen LogP contribution < -0.4 is 5.32 Å². The van der Waals surface area contributed by atoms with E-state index in [1.807, 2.05) is 6.08 Å². The summed E-state index contributed by atoms with van der Waals surface area (Å²) in [5.74, 6) is 0.405. The van der Waals surface area contributed by atoms with Gasteiger partial charge in [0, 0.05) is 18.4 Å². The highest BCUT2D eigenvalue weighted by Crippen LogP contribution is 2.16. The number of nitrogens with zero attached hydrogens (tertiary/aromatic N) is 1. The molecule has 1 saturated heterocycles. The lowest BCUT2D eigenvalue weighted by atomic mass is 10.2. The zero-order valence-corrected chi connectivity index (χ0v) is 18.4. The van der Waals surface area contributed by atoms with Crippen molar-refractivity contribution < 1.29 is 23.6 Å². The first-order valence-electron chi connectivity index (χ1n) is 10.6. The number of esters is 2. The molecule has 1 fully saturated rings. The van der Waals surface area contributed by atoms with Crippen LogP contribution in [0.5, 0.6) is 0 Å². The SMILES string of the molecule is CCCCCCOC(=O)C[N+](=CC=C1NCCS1)CC(=O)OCCCCCC. The van der Waals surface area contributed by atoms with Crippen LogP contribution in [0.15, 0.2) is 11.1 Å². The van der Waals surface area contributed by atoms with Gasteiger partial charge in [-0.3, -0.25) is 0 Å². The standard InChI is InChI=1S/C21H36N2O4S/c1-3-5-7-9-14-26-20(24)17-23(13-11-19-22-12-16-28-19)18-21(25)27-15-10-8-6-4-2/h11,13H,3-10,12,14-18H2,1-2H3/p+1. The number of hydrogen-bond donors (Lipinski definition) is 1. The fraction of sp³-hybridized carbons (Fsp3) is 0.762. The van der Waals surface area contributed by atoms with Crippen molar-refractivity contribution in [3.8, 4) is 0 Å². The van der Waals surface area contributed by atoms with E-state index in [2.05, 4.69) is 19.2 Å². The summed E-state index contributed by atoms with van der Waals surface area (Å²) in [5, 5.41) is 4.31. The Balaban J connectivity index is 2.47. The van der Waals surface area contributed by atoms with Crippen LogP contribution >= 0.6 is 11.8 Å². The number of allylic oxidation sites excluding steroid dienone is 1. The molecule has 0 atom stereocenters. The number of rotatable bonds is 15. The average Bonchev–Trinajstić information content (AvgIpc) is 3.19. The topological polar surface area (TPSA) is 67.6 Å². The summed E-state index contributed by atoms with van der Waals surface area (Å²) in [5.41, 5.74) is 0. The van der Waals surface area contributed by atoms with Crippen molar-refractivity contribution in [3.05, 3.63) is 11.1 Å². The van der Waals surface area contributed by atoms with E-state index >= 15 is 0 Å². The van der Waals surface area contributed by atoms with E-state index in [0.29, 0.717) is 13.2 Å². The van der Waals surface area contributed by atoms with Crippen molar-refractivity contribution in [2.24, 2.45) is 0 Å². The summed E-state index contributed by atoms with van der Waals surface area (Å²) in [6.07, 6.45) is 12.2. The number of hydrogen-bond acceptors (Lipinski definition) is 6. The second-order valence-corrected chi connectivity index (χ2v) is 8.06. The minimum absolute atomic E-state index is 0.0488. The van der Waals surface area contributed by atoms with E-state index < -0.39 is 0 Å². The second-order valence-electron chi connectivity index (χ2n) is 6.92. The minimum atomic E-state index is -0.311. The third kappa shape index (κ3) is 12.8. The predicted molar refractivity (Wildman–Crippen MR) is 115 cm³/mol. The lowest BCUT2D eigenvalue weighted by molar-refractivity contribution is -0.504. The summed E-state index contributed by atoms with van der Waals surface area (Å²) in [6.45, 7) is 6.20. The Kier molecular flexibility index (Phi) is 14.4. The summed E-state index contributed by atoms with van der Waals surface area (Å²) < 4.78 is 12.3. The number of thioether (sulfide) groups is 1. The molecule has 0 aromatic heterocycles. The molecule has 160 valence electrons. The van der Waals surface area contributed by atoms with Crippen LogP contribution in [0.4, 0.5) is 0 Å². The van der Waals surface area contributed by atoms with Crippen molar-refractivity contribution in [1.82, 2.24) is 5.32 Å². The molecule has 6 nitrogen and oxygen atoms in total. The Morgan fingerprint density at radius 3 is 2.00 bits per heavy atom. The first-order chi connectivity index (χ1) is 13.7. The summed E-state index contributed by atoms with van der Waals surface area (Å²) in [7, 11) is 0. The van der Waals surface area contributed by atoms with Crippen LogP contribution in [0.3, 0.4) is 0 Å². The molecule has 1 rings (SSSR count). The van der Waals surface area contributed by atoms with Gasteiger partial charge in [-0.2, -0.15) is 0 Å². The third-order valence-electron chi connectivity index (χ3n) is 4.28. The van der Waals surface area contributed by atoms with Crippen molar-refractivity contribution in [1.29, 1.82) is 0 Å². The lowest BCUT2D eigenvalue weighted by Gasteiger charge is -2.06. The smallest absolute Gasteiger partial charge is 0.372 e. The quantitative estimate of drug-likeness (QED) is 0.192. The number of carbonyl (C=O) groups is 2. The molecule has 1 N–H and O–H groups in total. The molecule has 1 aliphatic rings. The van der Waals surface area contributed by atoms with E-state index in [4.69, 9.17) is 9.47 Å². The zero-order chi connectivity index (χ0) is 20.5.